The van der Waals surface area contributed by atoms with Gasteiger partial charge in [-0.2, -0.15) is 0 Å². The third kappa shape index (κ3) is 4.41. The molecule has 0 spiro atoms. The van der Waals surface area contributed by atoms with Gasteiger partial charge in [0.1, 0.15) is 12.0 Å². The number of benzene rings is 1. The van der Waals surface area contributed by atoms with Gasteiger partial charge < -0.3 is 9.15 Å². The lowest BCUT2D eigenvalue weighted by Gasteiger charge is -2.04. The van der Waals surface area contributed by atoms with Gasteiger partial charge in [-0.3, -0.25) is 4.79 Å². The van der Waals surface area contributed by atoms with Crippen LogP contribution in [0.5, 0.6) is 5.88 Å². The highest BCUT2D eigenvalue weighted by Crippen LogP contribution is 2.21. The van der Waals surface area contributed by atoms with Crippen molar-refractivity contribution in [3.8, 4) is 17.3 Å². The minimum Gasteiger partial charge on any atom is -0.477 e. The Morgan fingerprint density at radius 1 is 1.16 bits per heavy atom. The van der Waals surface area contributed by atoms with E-state index in [0.717, 1.165) is 28.9 Å². The molecule has 0 radical (unpaired) electrons. The number of aldehydes is 1. The van der Waals surface area contributed by atoms with Crippen LogP contribution in [0.1, 0.15) is 17.0 Å². The Hall–Kier alpha value is -3.21. The van der Waals surface area contributed by atoms with Gasteiger partial charge in [-0.25, -0.2) is 9.97 Å². The first-order chi connectivity index (χ1) is 12.3. The van der Waals surface area contributed by atoms with Gasteiger partial charge in [0.15, 0.2) is 0 Å². The molecule has 0 unspecified atom stereocenters. The lowest BCUT2D eigenvalue weighted by molar-refractivity contribution is -0.104. The van der Waals surface area contributed by atoms with E-state index in [1.807, 2.05) is 43.3 Å². The molecule has 0 fully saturated rings. The van der Waals surface area contributed by atoms with E-state index < -0.39 is 0 Å². The van der Waals surface area contributed by atoms with E-state index in [-0.39, 0.29) is 0 Å². The highest BCUT2D eigenvalue weighted by atomic mass is 16.5. The highest BCUT2D eigenvalue weighted by molar-refractivity contribution is 5.73. The molecule has 0 amide bonds. The molecule has 0 aliphatic heterocycles. The molecule has 126 valence electrons. The van der Waals surface area contributed by atoms with Crippen molar-refractivity contribution >= 4 is 12.4 Å². The molecule has 3 rings (SSSR count). The molecule has 0 N–H and O–H groups in total. The molecule has 5 nitrogen and oxygen atoms in total. The van der Waals surface area contributed by atoms with Crippen molar-refractivity contribution in [2.75, 3.05) is 6.61 Å². The van der Waals surface area contributed by atoms with Crippen molar-refractivity contribution in [1.29, 1.82) is 0 Å². The van der Waals surface area contributed by atoms with Gasteiger partial charge in [0.2, 0.25) is 11.8 Å². The molecule has 2 aromatic heterocycles. The summed E-state index contributed by atoms with van der Waals surface area (Å²) in [6, 6.07) is 13.4. The van der Waals surface area contributed by atoms with E-state index in [4.69, 9.17) is 9.15 Å². The predicted octanol–water partition coefficient (Wildman–Crippen LogP) is 3.88. The summed E-state index contributed by atoms with van der Waals surface area (Å²) in [5.74, 6) is 1.95. The Kier molecular flexibility index (Phi) is 5.36. The van der Waals surface area contributed by atoms with Crippen LogP contribution < -0.4 is 4.74 Å². The molecule has 3 aromatic rings. The van der Waals surface area contributed by atoms with Gasteiger partial charge in [-0.05, 0) is 36.8 Å². The van der Waals surface area contributed by atoms with E-state index in [2.05, 4.69) is 9.97 Å². The van der Waals surface area contributed by atoms with Crippen LogP contribution in [0.15, 0.2) is 59.2 Å². The maximum Gasteiger partial charge on any atom is 0.226 e. The number of ether oxygens (including phenoxy) is 1. The molecule has 0 saturated heterocycles. The van der Waals surface area contributed by atoms with Crippen LogP contribution in [0.2, 0.25) is 0 Å². The van der Waals surface area contributed by atoms with Crippen LogP contribution in [-0.4, -0.2) is 22.9 Å². The van der Waals surface area contributed by atoms with Crippen LogP contribution in [0.4, 0.5) is 0 Å². The fourth-order valence-corrected chi connectivity index (χ4v) is 2.34. The monoisotopic (exact) mass is 334 g/mol. The number of carbonyl (C=O) groups excluding carboxylic acids is 1. The van der Waals surface area contributed by atoms with Crippen LogP contribution in [0.25, 0.3) is 17.5 Å². The molecule has 0 aliphatic rings. The molecule has 5 heteroatoms. The van der Waals surface area contributed by atoms with Crippen molar-refractivity contribution < 1.29 is 13.9 Å². The standard InChI is InChI=1S/C20H18N2O3/c1-15-18(22-20(25-15)17-7-3-2-4-8-17)11-13-24-19-10-9-16(14-21-19)6-5-12-23/h2-10,12,14H,11,13H2,1H3/b6-5+. The largest absolute Gasteiger partial charge is 0.477 e. The maximum atomic E-state index is 10.3. The molecule has 2 heterocycles. The third-order valence-corrected chi connectivity index (χ3v) is 3.63. The number of hydrogen-bond donors (Lipinski definition) is 0. The van der Waals surface area contributed by atoms with Gasteiger partial charge in [0.25, 0.3) is 0 Å². The van der Waals surface area contributed by atoms with Crippen molar-refractivity contribution in [2.45, 2.75) is 13.3 Å². The summed E-state index contributed by atoms with van der Waals surface area (Å²) in [6.07, 6.45) is 6.14. The topological polar surface area (TPSA) is 65.2 Å². The average Bonchev–Trinajstić information content (AvgIpc) is 3.03. The zero-order valence-corrected chi connectivity index (χ0v) is 13.9. The second kappa shape index (κ2) is 8.06. The van der Waals surface area contributed by atoms with Crippen molar-refractivity contribution in [3.63, 3.8) is 0 Å². The first kappa shape index (κ1) is 16.6. The molecule has 0 atom stereocenters. The Balaban J connectivity index is 1.58. The summed E-state index contributed by atoms with van der Waals surface area (Å²) in [4.78, 5) is 19.1. The smallest absolute Gasteiger partial charge is 0.226 e. The van der Waals surface area contributed by atoms with E-state index in [0.29, 0.717) is 24.8 Å². The molecule has 0 aliphatic carbocycles. The predicted molar refractivity (Wildman–Crippen MR) is 95.2 cm³/mol. The van der Waals surface area contributed by atoms with Gasteiger partial charge in [-0.1, -0.05) is 24.3 Å². The van der Waals surface area contributed by atoms with Gasteiger partial charge >= 0.3 is 0 Å². The quantitative estimate of drug-likeness (QED) is 0.484. The van der Waals surface area contributed by atoms with Crippen molar-refractivity contribution in [1.82, 2.24) is 9.97 Å². The van der Waals surface area contributed by atoms with Crippen LogP contribution in [0.3, 0.4) is 0 Å². The number of aryl methyl sites for hydroxylation is 1. The second-order valence-corrected chi connectivity index (χ2v) is 5.41. The summed E-state index contributed by atoms with van der Waals surface area (Å²) in [5, 5.41) is 0. The lowest BCUT2D eigenvalue weighted by Crippen LogP contribution is -2.03. The average molecular weight is 334 g/mol. The molecular weight excluding hydrogens is 316 g/mol. The zero-order chi connectivity index (χ0) is 17.5. The molecule has 25 heavy (non-hydrogen) atoms. The van der Waals surface area contributed by atoms with E-state index in [1.54, 1.807) is 18.3 Å². The fourth-order valence-electron chi connectivity index (χ4n) is 2.34. The highest BCUT2D eigenvalue weighted by Gasteiger charge is 2.11. The number of aromatic nitrogens is 2. The summed E-state index contributed by atoms with van der Waals surface area (Å²) < 4.78 is 11.4. The number of hydrogen-bond acceptors (Lipinski definition) is 5. The Labute approximate surface area is 146 Å². The number of rotatable bonds is 7. The third-order valence-electron chi connectivity index (χ3n) is 3.63. The summed E-state index contributed by atoms with van der Waals surface area (Å²) in [5.41, 5.74) is 2.68. The van der Waals surface area contributed by atoms with Gasteiger partial charge in [-0.15, -0.1) is 0 Å². The Morgan fingerprint density at radius 2 is 2.00 bits per heavy atom. The van der Waals surface area contributed by atoms with Crippen molar-refractivity contribution in [3.05, 3.63) is 71.8 Å². The SMILES string of the molecule is Cc1oc(-c2ccccc2)nc1CCOc1ccc(/C=C/C=O)cn1. The minimum absolute atomic E-state index is 0.456. The number of nitrogens with zero attached hydrogens (tertiary/aromatic N) is 2. The van der Waals surface area contributed by atoms with Crippen molar-refractivity contribution in [2.24, 2.45) is 0 Å². The minimum atomic E-state index is 0.456. The number of carbonyl (C=O) groups is 1. The van der Waals surface area contributed by atoms with Gasteiger partial charge in [0.05, 0.1) is 12.3 Å². The first-order valence-corrected chi connectivity index (χ1v) is 7.98. The molecular formula is C20H18N2O3. The second-order valence-electron chi connectivity index (χ2n) is 5.41. The van der Waals surface area contributed by atoms with Crippen LogP contribution in [0, 0.1) is 6.92 Å². The molecule has 1 aromatic carbocycles. The van der Waals surface area contributed by atoms with E-state index in [9.17, 15) is 4.79 Å². The Morgan fingerprint density at radius 3 is 2.72 bits per heavy atom. The number of pyridine rings is 1. The lowest BCUT2D eigenvalue weighted by atomic mass is 10.2. The van der Waals surface area contributed by atoms with Crippen LogP contribution in [-0.2, 0) is 11.2 Å². The molecule has 0 bridgehead atoms. The fraction of sp³-hybridized carbons (Fsp3) is 0.150. The number of allylic oxidation sites excluding steroid dienone is 1. The summed E-state index contributed by atoms with van der Waals surface area (Å²) >= 11 is 0. The summed E-state index contributed by atoms with van der Waals surface area (Å²) in [6.45, 7) is 2.36. The van der Waals surface area contributed by atoms with Gasteiger partial charge in [0, 0.05) is 24.2 Å². The first-order valence-electron chi connectivity index (χ1n) is 7.98. The molecule has 0 saturated carbocycles. The summed E-state index contributed by atoms with van der Waals surface area (Å²) in [7, 11) is 0. The maximum absolute atomic E-state index is 10.3. The number of oxazole rings is 1. The van der Waals surface area contributed by atoms with E-state index in [1.165, 1.54) is 6.08 Å². The Bertz CT molecular complexity index is 852. The normalized spacial score (nSPS) is 10.9. The van der Waals surface area contributed by atoms with E-state index >= 15 is 0 Å². The van der Waals surface area contributed by atoms with Crippen LogP contribution >= 0.6 is 0 Å². The zero-order valence-electron chi connectivity index (χ0n) is 13.9.